The highest BCUT2D eigenvalue weighted by Crippen LogP contribution is 2.38. The lowest BCUT2D eigenvalue weighted by Gasteiger charge is -2.34. The molecule has 2 N–H and O–H groups in total. The lowest BCUT2D eigenvalue weighted by molar-refractivity contribution is 0.146. The molecular weight excluding hydrogens is 334 g/mol. The van der Waals surface area contributed by atoms with Crippen molar-refractivity contribution in [3.8, 4) is 23.0 Å². The third-order valence-corrected chi connectivity index (χ3v) is 4.57. The van der Waals surface area contributed by atoms with E-state index < -0.39 is 5.54 Å². The van der Waals surface area contributed by atoms with Gasteiger partial charge in [0.2, 0.25) is 0 Å². The third-order valence-electron chi connectivity index (χ3n) is 4.57. The SMILES string of the molecule is COCCOc1cn(-c2ccccc2)nc1-c1nc(C2(N)CCC2)no1. The van der Waals surface area contributed by atoms with E-state index in [0.717, 1.165) is 24.9 Å². The van der Waals surface area contributed by atoms with Gasteiger partial charge in [0.1, 0.15) is 6.61 Å². The second-order valence-corrected chi connectivity index (χ2v) is 6.40. The van der Waals surface area contributed by atoms with E-state index in [2.05, 4.69) is 15.2 Å². The first-order chi connectivity index (χ1) is 12.7. The van der Waals surface area contributed by atoms with E-state index in [1.54, 1.807) is 18.0 Å². The van der Waals surface area contributed by atoms with Crippen LogP contribution in [0.25, 0.3) is 17.3 Å². The molecule has 4 rings (SSSR count). The van der Waals surface area contributed by atoms with Crippen molar-refractivity contribution in [2.45, 2.75) is 24.8 Å². The lowest BCUT2D eigenvalue weighted by atomic mass is 9.77. The van der Waals surface area contributed by atoms with Gasteiger partial charge in [-0.2, -0.15) is 10.1 Å². The summed E-state index contributed by atoms with van der Waals surface area (Å²) in [5, 5.41) is 8.65. The van der Waals surface area contributed by atoms with Crippen LogP contribution in [0.15, 0.2) is 41.1 Å². The fourth-order valence-electron chi connectivity index (χ4n) is 2.86. The summed E-state index contributed by atoms with van der Waals surface area (Å²) in [5.74, 6) is 1.38. The van der Waals surface area contributed by atoms with E-state index in [1.165, 1.54) is 0 Å². The van der Waals surface area contributed by atoms with Gasteiger partial charge in [-0.15, -0.1) is 0 Å². The molecule has 26 heavy (non-hydrogen) atoms. The van der Waals surface area contributed by atoms with E-state index >= 15 is 0 Å². The summed E-state index contributed by atoms with van der Waals surface area (Å²) in [6, 6.07) is 9.76. The molecule has 8 nitrogen and oxygen atoms in total. The van der Waals surface area contributed by atoms with E-state index in [-0.39, 0.29) is 0 Å². The molecule has 0 radical (unpaired) electrons. The molecule has 0 atom stereocenters. The van der Waals surface area contributed by atoms with Gasteiger partial charge >= 0.3 is 0 Å². The Hall–Kier alpha value is -2.71. The molecule has 3 aromatic rings. The number of nitrogens with zero attached hydrogens (tertiary/aromatic N) is 4. The summed E-state index contributed by atoms with van der Waals surface area (Å²) in [4.78, 5) is 4.48. The number of nitrogens with two attached hydrogens (primary N) is 1. The highest BCUT2D eigenvalue weighted by atomic mass is 16.5. The Balaban J connectivity index is 1.68. The Morgan fingerprint density at radius 2 is 2.04 bits per heavy atom. The summed E-state index contributed by atoms with van der Waals surface area (Å²) < 4.78 is 18.0. The number of ether oxygens (including phenoxy) is 2. The van der Waals surface area contributed by atoms with Crippen molar-refractivity contribution in [3.63, 3.8) is 0 Å². The molecule has 136 valence electrons. The van der Waals surface area contributed by atoms with Gasteiger partial charge in [-0.1, -0.05) is 23.4 Å². The van der Waals surface area contributed by atoms with Gasteiger partial charge in [0.25, 0.3) is 5.89 Å². The molecule has 1 fully saturated rings. The molecule has 1 aromatic carbocycles. The standard InChI is InChI=1S/C18H21N5O3/c1-24-10-11-25-14-12-23(13-6-3-2-4-7-13)21-15(14)16-20-17(22-26-16)18(19)8-5-9-18/h2-4,6-7,12H,5,8-11,19H2,1H3. The minimum atomic E-state index is -0.485. The Morgan fingerprint density at radius 1 is 1.23 bits per heavy atom. The number of benzene rings is 1. The van der Waals surface area contributed by atoms with Crippen molar-refractivity contribution < 1.29 is 14.0 Å². The monoisotopic (exact) mass is 355 g/mol. The van der Waals surface area contributed by atoms with Crippen LogP contribution < -0.4 is 10.5 Å². The molecule has 0 aliphatic heterocycles. The van der Waals surface area contributed by atoms with Crippen LogP contribution in [-0.2, 0) is 10.3 Å². The third kappa shape index (κ3) is 3.09. The van der Waals surface area contributed by atoms with Crippen LogP contribution in [-0.4, -0.2) is 40.2 Å². The van der Waals surface area contributed by atoms with Gasteiger partial charge < -0.3 is 19.7 Å². The van der Waals surface area contributed by atoms with E-state index in [0.29, 0.717) is 36.4 Å². The summed E-state index contributed by atoms with van der Waals surface area (Å²) in [6.07, 6.45) is 4.60. The average molecular weight is 355 g/mol. The normalized spacial score (nSPS) is 15.6. The predicted octanol–water partition coefficient (Wildman–Crippen LogP) is 2.29. The maximum atomic E-state index is 6.29. The molecule has 2 aromatic heterocycles. The quantitative estimate of drug-likeness (QED) is 0.649. The average Bonchev–Trinajstić information content (AvgIpc) is 3.28. The number of para-hydroxylation sites is 1. The van der Waals surface area contributed by atoms with Crippen molar-refractivity contribution in [2.75, 3.05) is 20.3 Å². The highest BCUT2D eigenvalue weighted by Gasteiger charge is 2.39. The Labute approximate surface area is 150 Å². The first-order valence-corrected chi connectivity index (χ1v) is 8.60. The lowest BCUT2D eigenvalue weighted by Crippen LogP contribution is -2.44. The van der Waals surface area contributed by atoms with Crippen molar-refractivity contribution in [3.05, 3.63) is 42.4 Å². The molecule has 0 bridgehead atoms. The maximum absolute atomic E-state index is 6.29. The minimum Gasteiger partial charge on any atom is -0.487 e. The molecule has 1 aliphatic carbocycles. The molecule has 0 unspecified atom stereocenters. The zero-order chi connectivity index (χ0) is 18.0. The molecule has 1 saturated carbocycles. The molecule has 0 amide bonds. The molecule has 1 aliphatic rings. The fourth-order valence-corrected chi connectivity index (χ4v) is 2.86. The van der Waals surface area contributed by atoms with Crippen molar-refractivity contribution >= 4 is 0 Å². The first kappa shape index (κ1) is 16.7. The number of aromatic nitrogens is 4. The Morgan fingerprint density at radius 3 is 2.73 bits per heavy atom. The van der Waals surface area contributed by atoms with Crippen LogP contribution >= 0.6 is 0 Å². The van der Waals surface area contributed by atoms with Gasteiger partial charge in [0, 0.05) is 7.11 Å². The maximum Gasteiger partial charge on any atom is 0.282 e. The van der Waals surface area contributed by atoms with Crippen LogP contribution in [0.1, 0.15) is 25.1 Å². The zero-order valence-corrected chi connectivity index (χ0v) is 14.6. The molecule has 0 spiro atoms. The first-order valence-electron chi connectivity index (χ1n) is 8.60. The second kappa shape index (κ2) is 6.89. The molecule has 8 heteroatoms. The van der Waals surface area contributed by atoms with Crippen LogP contribution in [0, 0.1) is 0 Å². The van der Waals surface area contributed by atoms with Crippen molar-refractivity contribution in [1.82, 2.24) is 19.9 Å². The summed E-state index contributed by atoms with van der Waals surface area (Å²) >= 11 is 0. The smallest absolute Gasteiger partial charge is 0.282 e. The largest absolute Gasteiger partial charge is 0.487 e. The van der Waals surface area contributed by atoms with Crippen LogP contribution in [0.3, 0.4) is 0 Å². The van der Waals surface area contributed by atoms with Gasteiger partial charge in [-0.25, -0.2) is 4.68 Å². The summed E-state index contributed by atoms with van der Waals surface area (Å²) in [6.45, 7) is 0.864. The van der Waals surface area contributed by atoms with Crippen LogP contribution in [0.2, 0.25) is 0 Å². The minimum absolute atomic E-state index is 0.304. The van der Waals surface area contributed by atoms with E-state index in [9.17, 15) is 0 Å². The zero-order valence-electron chi connectivity index (χ0n) is 14.6. The molecule has 2 heterocycles. The molecule has 0 saturated heterocycles. The fraction of sp³-hybridized carbons (Fsp3) is 0.389. The van der Waals surface area contributed by atoms with Gasteiger partial charge in [-0.05, 0) is 31.4 Å². The topological polar surface area (TPSA) is 101 Å². The van der Waals surface area contributed by atoms with Crippen molar-refractivity contribution in [2.24, 2.45) is 5.73 Å². The number of rotatable bonds is 7. The number of hydrogen-bond donors (Lipinski definition) is 1. The second-order valence-electron chi connectivity index (χ2n) is 6.40. The number of methoxy groups -OCH3 is 1. The highest BCUT2D eigenvalue weighted by molar-refractivity contribution is 5.57. The van der Waals surface area contributed by atoms with Crippen LogP contribution in [0.5, 0.6) is 5.75 Å². The van der Waals surface area contributed by atoms with E-state index in [1.807, 2.05) is 30.3 Å². The van der Waals surface area contributed by atoms with Gasteiger partial charge in [0.15, 0.2) is 17.3 Å². The summed E-state index contributed by atoms with van der Waals surface area (Å²) in [7, 11) is 1.63. The summed E-state index contributed by atoms with van der Waals surface area (Å²) in [5.41, 5.74) is 7.20. The van der Waals surface area contributed by atoms with Gasteiger partial charge in [0.05, 0.1) is 24.0 Å². The number of hydrogen-bond acceptors (Lipinski definition) is 7. The van der Waals surface area contributed by atoms with Crippen molar-refractivity contribution in [1.29, 1.82) is 0 Å². The molecular formula is C18H21N5O3. The van der Waals surface area contributed by atoms with Gasteiger partial charge in [-0.3, -0.25) is 0 Å². The Kier molecular flexibility index (Phi) is 4.44. The predicted molar refractivity (Wildman–Crippen MR) is 93.9 cm³/mol. The Bertz CT molecular complexity index is 870. The van der Waals surface area contributed by atoms with Crippen LogP contribution in [0.4, 0.5) is 0 Å². The van der Waals surface area contributed by atoms with E-state index in [4.69, 9.17) is 19.7 Å².